The van der Waals surface area contributed by atoms with Crippen molar-refractivity contribution in [2.24, 2.45) is 5.73 Å². The Morgan fingerprint density at radius 3 is 2.23 bits per heavy atom. The molecule has 0 radical (unpaired) electrons. The quantitative estimate of drug-likeness (QED) is 0.0745. The second kappa shape index (κ2) is 16.6. The molecular formula is C28H36N6O8S. The summed E-state index contributed by atoms with van der Waals surface area (Å²) in [4.78, 5) is 49.9. The van der Waals surface area contributed by atoms with E-state index in [4.69, 9.17) is 15.9 Å². The number of sulfonamides is 1. The van der Waals surface area contributed by atoms with Crippen LogP contribution >= 0.6 is 0 Å². The van der Waals surface area contributed by atoms with Crippen LogP contribution in [-0.2, 0) is 48.7 Å². The van der Waals surface area contributed by atoms with Crippen molar-refractivity contribution in [1.82, 2.24) is 20.7 Å². The number of hydrogen-bond donors (Lipinski definition) is 7. The maximum absolute atomic E-state index is 13.3. The van der Waals surface area contributed by atoms with Crippen LogP contribution in [-0.4, -0.2) is 68.2 Å². The number of carboxylic acids is 1. The molecule has 3 amide bonds. The van der Waals surface area contributed by atoms with Gasteiger partial charge >= 0.3 is 12.1 Å². The number of amidine groups is 1. The number of nitrogens with two attached hydrogens (primary N) is 1. The van der Waals surface area contributed by atoms with Gasteiger partial charge in [-0.15, -0.1) is 0 Å². The number of nitrogen functional groups attached to an aromatic ring is 1. The van der Waals surface area contributed by atoms with Gasteiger partial charge < -0.3 is 31.5 Å². The highest BCUT2D eigenvalue weighted by molar-refractivity contribution is 7.88. The highest BCUT2D eigenvalue weighted by Gasteiger charge is 2.28. The van der Waals surface area contributed by atoms with Crippen molar-refractivity contribution in [1.29, 1.82) is 5.41 Å². The maximum atomic E-state index is 13.3. The van der Waals surface area contributed by atoms with Gasteiger partial charge in [0, 0.05) is 31.5 Å². The minimum absolute atomic E-state index is 0.0169. The number of alkyl carbamates (subject to hydrolysis) is 1. The number of rotatable bonds is 17. The van der Waals surface area contributed by atoms with Crippen molar-refractivity contribution >= 4 is 39.7 Å². The Morgan fingerprint density at radius 1 is 1.00 bits per heavy atom. The second-order valence-electron chi connectivity index (χ2n) is 9.52. The molecule has 2 aromatic carbocycles. The molecule has 43 heavy (non-hydrogen) atoms. The SMILES string of the molecule is C=CCOC(=O)N[C@@H](Cc1ccc(C(=N)N)cc1)C(=O)N[C@@H](CCC(=O)O)C(=O)NCc1cccc(CNS(C)(=O)=O)c1. The molecule has 0 spiro atoms. The molecule has 0 aliphatic rings. The molecule has 0 aromatic heterocycles. The predicted molar refractivity (Wildman–Crippen MR) is 158 cm³/mol. The topological polar surface area (TPSA) is 230 Å². The van der Waals surface area contributed by atoms with E-state index in [9.17, 15) is 32.7 Å². The van der Waals surface area contributed by atoms with E-state index in [1.54, 1.807) is 48.5 Å². The average molecular weight is 617 g/mol. The Labute approximate surface area is 249 Å². The van der Waals surface area contributed by atoms with Crippen LogP contribution in [0.25, 0.3) is 0 Å². The van der Waals surface area contributed by atoms with Gasteiger partial charge in [-0.05, 0) is 23.1 Å². The third kappa shape index (κ3) is 13.2. The normalized spacial score (nSPS) is 12.3. The van der Waals surface area contributed by atoms with Crippen LogP contribution in [0.2, 0.25) is 0 Å². The van der Waals surface area contributed by atoms with Gasteiger partial charge in [-0.3, -0.25) is 19.8 Å². The van der Waals surface area contributed by atoms with Gasteiger partial charge in [0.1, 0.15) is 24.5 Å². The molecular weight excluding hydrogens is 580 g/mol. The molecule has 2 rings (SSSR count). The number of carbonyl (C=O) groups excluding carboxylic acids is 3. The maximum Gasteiger partial charge on any atom is 0.408 e. The molecule has 0 saturated heterocycles. The van der Waals surface area contributed by atoms with Crippen LogP contribution in [0.5, 0.6) is 0 Å². The first kappa shape index (κ1) is 34.4. The lowest BCUT2D eigenvalue weighted by atomic mass is 10.0. The molecule has 0 unspecified atom stereocenters. The first-order valence-corrected chi connectivity index (χ1v) is 15.0. The molecule has 0 bridgehead atoms. The molecule has 0 heterocycles. The van der Waals surface area contributed by atoms with Crippen molar-refractivity contribution < 1.29 is 37.4 Å². The second-order valence-corrected chi connectivity index (χ2v) is 11.4. The number of carboxylic acid groups (broad SMARTS) is 1. The Morgan fingerprint density at radius 2 is 1.65 bits per heavy atom. The van der Waals surface area contributed by atoms with Crippen molar-refractivity contribution in [2.45, 2.75) is 44.4 Å². The highest BCUT2D eigenvalue weighted by Crippen LogP contribution is 2.10. The van der Waals surface area contributed by atoms with Crippen molar-refractivity contribution in [3.05, 3.63) is 83.4 Å². The fourth-order valence-electron chi connectivity index (χ4n) is 3.77. The van der Waals surface area contributed by atoms with E-state index >= 15 is 0 Å². The number of ether oxygens (including phenoxy) is 1. The standard InChI is InChI=1S/C28H36N6O8S/c1-3-13-42-28(39)34-23(15-18-7-9-21(10-8-18)25(29)30)27(38)33-22(11-12-24(35)36)26(37)31-16-19-5-4-6-20(14-19)17-32-43(2,40)41/h3-10,14,22-23,32H,1,11-13,15-17H2,2H3,(H3,29,30)(H,31,37)(H,33,38)(H,34,39)(H,35,36)/t22-,23-/m0/s1. The third-order valence-corrected chi connectivity index (χ3v) is 6.59. The number of benzene rings is 2. The zero-order chi connectivity index (χ0) is 32.0. The zero-order valence-corrected chi connectivity index (χ0v) is 24.4. The molecule has 0 fully saturated rings. The summed E-state index contributed by atoms with van der Waals surface area (Å²) in [6.07, 6.45) is 0.811. The lowest BCUT2D eigenvalue weighted by molar-refractivity contribution is -0.138. The largest absolute Gasteiger partial charge is 0.481 e. The minimum Gasteiger partial charge on any atom is -0.481 e. The van der Waals surface area contributed by atoms with Gasteiger partial charge in [-0.25, -0.2) is 17.9 Å². The molecule has 8 N–H and O–H groups in total. The predicted octanol–water partition coefficient (Wildman–Crippen LogP) is 0.509. The Balaban J connectivity index is 2.18. The first-order valence-electron chi connectivity index (χ1n) is 13.1. The fourth-order valence-corrected chi connectivity index (χ4v) is 4.20. The molecule has 232 valence electrons. The Bertz CT molecular complexity index is 1430. The first-order chi connectivity index (χ1) is 20.3. The molecule has 0 aliphatic carbocycles. The summed E-state index contributed by atoms with van der Waals surface area (Å²) in [7, 11) is -3.40. The number of aliphatic carboxylic acids is 1. The summed E-state index contributed by atoms with van der Waals surface area (Å²) in [5.41, 5.74) is 7.85. The van der Waals surface area contributed by atoms with Crippen LogP contribution in [0.1, 0.15) is 35.1 Å². The van der Waals surface area contributed by atoms with Crippen LogP contribution in [0, 0.1) is 5.41 Å². The van der Waals surface area contributed by atoms with E-state index in [1.807, 2.05) is 0 Å². The minimum atomic E-state index is -3.40. The van der Waals surface area contributed by atoms with Gasteiger partial charge in [-0.2, -0.15) is 0 Å². The molecule has 15 heteroatoms. The summed E-state index contributed by atoms with van der Waals surface area (Å²) in [5, 5.41) is 24.4. The van der Waals surface area contributed by atoms with Gasteiger partial charge in [0.2, 0.25) is 21.8 Å². The summed E-state index contributed by atoms with van der Waals surface area (Å²) in [5.74, 6) is -2.73. The van der Waals surface area contributed by atoms with E-state index in [0.29, 0.717) is 22.3 Å². The smallest absolute Gasteiger partial charge is 0.408 e. The number of carbonyl (C=O) groups is 4. The fraction of sp³-hybridized carbons (Fsp3) is 0.321. The van der Waals surface area contributed by atoms with Crippen molar-refractivity contribution in [3.8, 4) is 0 Å². The molecule has 14 nitrogen and oxygen atoms in total. The summed E-state index contributed by atoms with van der Waals surface area (Å²) in [6.45, 7) is 3.42. The van der Waals surface area contributed by atoms with E-state index in [2.05, 4.69) is 27.3 Å². The third-order valence-electron chi connectivity index (χ3n) is 5.92. The summed E-state index contributed by atoms with van der Waals surface area (Å²) >= 11 is 0. The van der Waals surface area contributed by atoms with Crippen molar-refractivity contribution in [2.75, 3.05) is 12.9 Å². The van der Waals surface area contributed by atoms with E-state index in [0.717, 1.165) is 6.26 Å². The van der Waals surface area contributed by atoms with Crippen LogP contribution in [0.15, 0.2) is 61.2 Å². The van der Waals surface area contributed by atoms with Crippen LogP contribution in [0.4, 0.5) is 4.79 Å². The zero-order valence-electron chi connectivity index (χ0n) is 23.6. The average Bonchev–Trinajstić information content (AvgIpc) is 2.95. The lowest BCUT2D eigenvalue weighted by Gasteiger charge is -2.23. The van der Waals surface area contributed by atoms with Crippen molar-refractivity contribution in [3.63, 3.8) is 0 Å². The van der Waals surface area contributed by atoms with Gasteiger partial charge in [-0.1, -0.05) is 61.2 Å². The van der Waals surface area contributed by atoms with Gasteiger partial charge in [0.25, 0.3) is 0 Å². The van der Waals surface area contributed by atoms with Gasteiger partial charge in [0.15, 0.2) is 0 Å². The summed E-state index contributed by atoms with van der Waals surface area (Å²) in [6, 6.07) is 10.7. The number of nitrogens with one attached hydrogen (secondary N) is 5. The number of amides is 3. The van der Waals surface area contributed by atoms with Gasteiger partial charge in [0.05, 0.1) is 6.26 Å². The number of hydrogen-bond acceptors (Lipinski definition) is 8. The molecule has 2 atom stereocenters. The molecule has 2 aromatic rings. The van der Waals surface area contributed by atoms with Crippen LogP contribution in [0.3, 0.4) is 0 Å². The monoisotopic (exact) mass is 616 g/mol. The van der Waals surface area contributed by atoms with E-state index in [1.165, 1.54) is 6.08 Å². The van der Waals surface area contributed by atoms with E-state index in [-0.39, 0.29) is 38.4 Å². The highest BCUT2D eigenvalue weighted by atomic mass is 32.2. The molecule has 0 aliphatic heterocycles. The Kier molecular flexibility index (Phi) is 13.3. The molecule has 0 saturated carbocycles. The van der Waals surface area contributed by atoms with E-state index < -0.39 is 52.4 Å². The lowest BCUT2D eigenvalue weighted by Crippen LogP contribution is -2.54. The summed E-state index contributed by atoms with van der Waals surface area (Å²) < 4.78 is 30.1. The Hall–Kier alpha value is -4.76. The van der Waals surface area contributed by atoms with Crippen LogP contribution < -0.4 is 26.4 Å².